The molecule has 33 heavy (non-hydrogen) atoms. The van der Waals surface area contributed by atoms with Crippen molar-refractivity contribution in [2.75, 3.05) is 0 Å². The van der Waals surface area contributed by atoms with E-state index >= 15 is 0 Å². The van der Waals surface area contributed by atoms with Crippen molar-refractivity contribution in [2.24, 2.45) is 0 Å². The van der Waals surface area contributed by atoms with Crippen LogP contribution in [0.4, 0.5) is 0 Å². The van der Waals surface area contributed by atoms with Crippen LogP contribution in [0.3, 0.4) is 0 Å². The summed E-state index contributed by atoms with van der Waals surface area (Å²) in [5, 5.41) is 2.80. The molecule has 0 aliphatic carbocycles. The average Bonchev–Trinajstić information content (AvgIpc) is 2.77. The summed E-state index contributed by atoms with van der Waals surface area (Å²) in [4.78, 5) is 0. The van der Waals surface area contributed by atoms with Crippen molar-refractivity contribution in [3.8, 4) is 0 Å². The lowest BCUT2D eigenvalue weighted by Crippen LogP contribution is -1.98. The lowest BCUT2D eigenvalue weighted by molar-refractivity contribution is 0.898. The first-order valence-corrected chi connectivity index (χ1v) is 12.8. The van der Waals surface area contributed by atoms with Crippen LogP contribution in [-0.4, -0.2) is 0 Å². The Bertz CT molecular complexity index is 1050. The molecule has 0 N–H and O–H groups in total. The van der Waals surface area contributed by atoms with E-state index in [0.717, 1.165) is 25.7 Å². The summed E-state index contributed by atoms with van der Waals surface area (Å²) >= 11 is 0. The van der Waals surface area contributed by atoms with Crippen molar-refractivity contribution in [2.45, 2.75) is 100 Å². The predicted octanol–water partition coefficient (Wildman–Crippen LogP) is 10.5. The second-order valence-electron chi connectivity index (χ2n) is 10.2. The molecule has 0 bridgehead atoms. The number of aryl methyl sites for hydroxylation is 2. The van der Waals surface area contributed by atoms with E-state index in [1.165, 1.54) is 74.6 Å². The molecule has 0 fully saturated rings. The highest BCUT2D eigenvalue weighted by molar-refractivity contribution is 5.90. The molecule has 0 heterocycles. The van der Waals surface area contributed by atoms with E-state index in [1.54, 1.807) is 0 Å². The highest BCUT2D eigenvalue weighted by Crippen LogP contribution is 2.30. The van der Waals surface area contributed by atoms with Gasteiger partial charge in [0.15, 0.2) is 0 Å². The van der Waals surface area contributed by atoms with Crippen LogP contribution in [0.5, 0.6) is 0 Å². The summed E-state index contributed by atoms with van der Waals surface area (Å²) in [5.74, 6) is 0. The van der Waals surface area contributed by atoms with Gasteiger partial charge in [-0.25, -0.2) is 0 Å². The van der Waals surface area contributed by atoms with Gasteiger partial charge >= 0.3 is 0 Å². The van der Waals surface area contributed by atoms with Gasteiger partial charge in [-0.2, -0.15) is 0 Å². The van der Waals surface area contributed by atoms with Gasteiger partial charge in [0.1, 0.15) is 0 Å². The van der Waals surface area contributed by atoms with E-state index in [4.69, 9.17) is 0 Å². The van der Waals surface area contributed by atoms with Gasteiger partial charge in [-0.15, -0.1) is 0 Å². The number of hydrogen-bond donors (Lipinski definition) is 0. The molecular formula is C33H46. The molecule has 2 aromatic rings. The van der Waals surface area contributed by atoms with Crippen molar-refractivity contribution in [1.29, 1.82) is 0 Å². The maximum atomic E-state index is 2.45. The van der Waals surface area contributed by atoms with Crippen molar-refractivity contribution < 1.29 is 0 Å². The van der Waals surface area contributed by atoms with E-state index in [-0.39, 0.29) is 0 Å². The lowest BCUT2D eigenvalue weighted by atomic mass is 9.89. The molecule has 0 atom stereocenters. The highest BCUT2D eigenvalue weighted by Gasteiger charge is 2.10. The van der Waals surface area contributed by atoms with Crippen LogP contribution in [-0.2, 0) is 6.42 Å². The fourth-order valence-electron chi connectivity index (χ4n) is 4.58. The van der Waals surface area contributed by atoms with Gasteiger partial charge in [0.2, 0.25) is 0 Å². The van der Waals surface area contributed by atoms with Gasteiger partial charge in [0.05, 0.1) is 0 Å². The third kappa shape index (κ3) is 8.50. The van der Waals surface area contributed by atoms with Gasteiger partial charge in [-0.3, -0.25) is 0 Å². The van der Waals surface area contributed by atoms with E-state index in [2.05, 4.69) is 104 Å². The number of rotatable bonds is 11. The van der Waals surface area contributed by atoms with Crippen molar-refractivity contribution in [1.82, 2.24) is 0 Å². The van der Waals surface area contributed by atoms with Crippen LogP contribution in [0.15, 0.2) is 70.9 Å². The van der Waals surface area contributed by atoms with Crippen molar-refractivity contribution in [3.05, 3.63) is 93.1 Å². The first-order chi connectivity index (χ1) is 15.7. The first kappa shape index (κ1) is 26.9. The number of fused-ring (bicyclic) bond motifs is 1. The molecule has 0 unspecified atom stereocenters. The maximum Gasteiger partial charge on any atom is -0.00893 e. The molecule has 0 spiro atoms. The van der Waals surface area contributed by atoms with Gasteiger partial charge in [-0.1, -0.05) is 70.9 Å². The summed E-state index contributed by atoms with van der Waals surface area (Å²) in [6.45, 7) is 18.1. The van der Waals surface area contributed by atoms with Crippen molar-refractivity contribution in [3.63, 3.8) is 0 Å². The Labute approximate surface area is 204 Å². The minimum absolute atomic E-state index is 1.04. The second-order valence-corrected chi connectivity index (χ2v) is 10.2. The van der Waals surface area contributed by atoms with E-state index in [9.17, 15) is 0 Å². The quantitative estimate of drug-likeness (QED) is 0.303. The molecule has 0 aromatic heterocycles. The summed E-state index contributed by atoms with van der Waals surface area (Å²) < 4.78 is 0. The van der Waals surface area contributed by atoms with E-state index in [0.29, 0.717) is 0 Å². The normalized spacial score (nSPS) is 13.0. The Hall–Kier alpha value is -2.34. The molecule has 0 radical (unpaired) electrons. The minimum Gasteiger partial charge on any atom is -0.0856 e. The Morgan fingerprint density at radius 1 is 0.576 bits per heavy atom. The molecular weight excluding hydrogens is 396 g/mol. The third-order valence-electron chi connectivity index (χ3n) is 7.01. The fourth-order valence-corrected chi connectivity index (χ4v) is 4.58. The molecule has 0 saturated carbocycles. The Morgan fingerprint density at radius 3 is 1.55 bits per heavy atom. The summed E-state index contributed by atoms with van der Waals surface area (Å²) in [6, 6.07) is 8.83. The maximum absolute atomic E-state index is 2.45. The molecule has 0 aliphatic rings. The van der Waals surface area contributed by atoms with Crippen LogP contribution >= 0.6 is 0 Å². The second kappa shape index (κ2) is 13.4. The fraction of sp³-hybridized carbons (Fsp3) is 0.455. The molecule has 0 saturated heterocycles. The SMILES string of the molecule is CC(C)=CCC/C(C)=C/CC/C(C)=C/CC/C(C)=C/Cc1c(C)c(C)c2ccccc2c1C. The standard InChI is InChI=1S/C33H46/c1-24(2)14-11-15-25(3)16-12-17-26(4)18-13-19-27(5)22-23-31-28(6)29(7)32-20-9-10-21-33(32)30(31)8/h9-10,14,16,18,20-22H,11-13,15,17,19,23H2,1-8H3/b25-16+,26-18+,27-22+. The first-order valence-electron chi connectivity index (χ1n) is 12.8. The Morgan fingerprint density at radius 2 is 1.03 bits per heavy atom. The average molecular weight is 443 g/mol. The third-order valence-corrected chi connectivity index (χ3v) is 7.01. The largest absolute Gasteiger partial charge is 0.0856 e. The molecule has 2 rings (SSSR count). The monoisotopic (exact) mass is 442 g/mol. The molecule has 0 aliphatic heterocycles. The summed E-state index contributed by atoms with van der Waals surface area (Å²) in [7, 11) is 0. The summed E-state index contributed by atoms with van der Waals surface area (Å²) in [6.07, 6.45) is 17.7. The molecule has 0 nitrogen and oxygen atoms in total. The zero-order valence-electron chi connectivity index (χ0n) is 22.6. The molecule has 0 heteroatoms. The lowest BCUT2D eigenvalue weighted by Gasteiger charge is -2.16. The highest BCUT2D eigenvalue weighted by atomic mass is 14.1. The van der Waals surface area contributed by atoms with Crippen LogP contribution < -0.4 is 0 Å². The Balaban J connectivity index is 1.87. The Kier molecular flexibility index (Phi) is 10.9. The van der Waals surface area contributed by atoms with Crippen LogP contribution in [0.2, 0.25) is 0 Å². The predicted molar refractivity (Wildman–Crippen MR) is 150 cm³/mol. The van der Waals surface area contributed by atoms with E-state index < -0.39 is 0 Å². The van der Waals surface area contributed by atoms with Crippen LogP contribution in [0.25, 0.3) is 10.8 Å². The van der Waals surface area contributed by atoms with Gasteiger partial charge in [-0.05, 0) is 133 Å². The topological polar surface area (TPSA) is 0 Å². The zero-order chi connectivity index (χ0) is 24.4. The number of benzene rings is 2. The number of hydrogen-bond acceptors (Lipinski definition) is 0. The minimum atomic E-state index is 1.04. The van der Waals surface area contributed by atoms with E-state index in [1.807, 2.05) is 0 Å². The number of allylic oxidation sites excluding steroid dienone is 8. The van der Waals surface area contributed by atoms with Crippen LogP contribution in [0.1, 0.15) is 95.4 Å². The molecule has 178 valence electrons. The zero-order valence-corrected chi connectivity index (χ0v) is 22.6. The van der Waals surface area contributed by atoms with Gasteiger partial charge in [0.25, 0.3) is 0 Å². The molecule has 0 amide bonds. The van der Waals surface area contributed by atoms with Gasteiger partial charge < -0.3 is 0 Å². The van der Waals surface area contributed by atoms with Gasteiger partial charge in [0, 0.05) is 0 Å². The molecule has 2 aromatic carbocycles. The summed E-state index contributed by atoms with van der Waals surface area (Å²) in [5.41, 5.74) is 11.8. The smallest absolute Gasteiger partial charge is 0.00893 e. The van der Waals surface area contributed by atoms with Crippen molar-refractivity contribution >= 4 is 10.8 Å². The van der Waals surface area contributed by atoms with Crippen LogP contribution in [0, 0.1) is 20.8 Å².